The second-order valence-electron chi connectivity index (χ2n) is 12.5. The number of carbonyl (C=O) groups excluding carboxylic acids is 1. The van der Waals surface area contributed by atoms with Gasteiger partial charge in [0, 0.05) is 26.1 Å². The Balaban J connectivity index is 4.21. The summed E-state index contributed by atoms with van der Waals surface area (Å²) >= 11 is 0. The summed E-state index contributed by atoms with van der Waals surface area (Å²) in [4.78, 5) is 14.1. The fraction of sp³-hybridized carbons (Fsp3) is 0.972. The zero-order valence-electron chi connectivity index (χ0n) is 28.4. The molecule has 0 rings (SSSR count). The molecule has 0 heterocycles. The van der Waals surface area contributed by atoms with Crippen molar-refractivity contribution < 1.29 is 24.5 Å². The molecule has 1 atom stereocenters. The van der Waals surface area contributed by atoms with E-state index < -0.39 is 6.29 Å². The first-order valence-corrected chi connectivity index (χ1v) is 18.3. The van der Waals surface area contributed by atoms with Crippen LogP contribution in [-0.4, -0.2) is 72.7 Å². The molecule has 6 heteroatoms. The number of rotatable bonds is 35. The summed E-state index contributed by atoms with van der Waals surface area (Å²) in [5.41, 5.74) is 0. The van der Waals surface area contributed by atoms with Crippen molar-refractivity contribution >= 4 is 5.78 Å². The van der Waals surface area contributed by atoms with Crippen molar-refractivity contribution in [2.75, 3.05) is 39.5 Å². The first-order valence-electron chi connectivity index (χ1n) is 18.3. The van der Waals surface area contributed by atoms with Gasteiger partial charge in [-0.2, -0.15) is 0 Å². The second kappa shape index (κ2) is 33.4. The molecule has 0 saturated heterocycles. The Morgan fingerprint density at radius 3 is 1.71 bits per heavy atom. The number of hydrogen-bond donors (Lipinski definition) is 2. The standard InChI is InChI=1S/C36H73NO5/c1-4-7-10-12-17-21-26-35(27-22-18-13-11-8-5-2)42-36(40)32-37(29-30-38)28-23-19-15-14-16-20-25-34(39)33-41-31-24-9-6-3/h35-36,38,40H,4-33H2,1-3H3. The summed E-state index contributed by atoms with van der Waals surface area (Å²) < 4.78 is 11.7. The lowest BCUT2D eigenvalue weighted by Crippen LogP contribution is -2.38. The third kappa shape index (κ3) is 29.5. The summed E-state index contributed by atoms with van der Waals surface area (Å²) in [7, 11) is 0. The minimum absolute atomic E-state index is 0.0992. The molecule has 0 aromatic carbocycles. The van der Waals surface area contributed by atoms with Crippen LogP contribution in [0.5, 0.6) is 0 Å². The van der Waals surface area contributed by atoms with E-state index >= 15 is 0 Å². The smallest absolute Gasteiger partial charge is 0.167 e. The van der Waals surface area contributed by atoms with Gasteiger partial charge in [-0.3, -0.25) is 9.69 Å². The maximum atomic E-state index is 11.9. The Bertz CT molecular complexity index is 531. The van der Waals surface area contributed by atoms with Gasteiger partial charge in [0.05, 0.1) is 12.7 Å². The molecule has 0 radical (unpaired) electrons. The highest BCUT2D eigenvalue weighted by molar-refractivity contribution is 5.79. The van der Waals surface area contributed by atoms with Gasteiger partial charge in [-0.15, -0.1) is 0 Å². The Hall–Kier alpha value is -0.530. The van der Waals surface area contributed by atoms with Gasteiger partial charge in [-0.05, 0) is 38.6 Å². The highest BCUT2D eigenvalue weighted by atomic mass is 16.6. The van der Waals surface area contributed by atoms with Crippen LogP contribution in [-0.2, 0) is 14.3 Å². The van der Waals surface area contributed by atoms with E-state index in [0.29, 0.717) is 26.1 Å². The highest BCUT2D eigenvalue weighted by Crippen LogP contribution is 2.18. The molecule has 0 amide bonds. The Kier molecular flexibility index (Phi) is 32.9. The fourth-order valence-corrected chi connectivity index (χ4v) is 5.58. The largest absolute Gasteiger partial charge is 0.395 e. The van der Waals surface area contributed by atoms with Gasteiger partial charge >= 0.3 is 0 Å². The van der Waals surface area contributed by atoms with Crippen molar-refractivity contribution in [2.24, 2.45) is 0 Å². The molecule has 0 fully saturated rings. The molecule has 0 aromatic rings. The lowest BCUT2D eigenvalue weighted by atomic mass is 10.0. The van der Waals surface area contributed by atoms with E-state index in [0.717, 1.165) is 64.3 Å². The van der Waals surface area contributed by atoms with Crippen molar-refractivity contribution in [3.05, 3.63) is 0 Å². The van der Waals surface area contributed by atoms with Crippen LogP contribution in [0.4, 0.5) is 0 Å². The van der Waals surface area contributed by atoms with Crippen molar-refractivity contribution in [1.82, 2.24) is 4.90 Å². The third-order valence-electron chi connectivity index (χ3n) is 8.27. The molecule has 42 heavy (non-hydrogen) atoms. The molecule has 252 valence electrons. The molecule has 0 aliphatic rings. The van der Waals surface area contributed by atoms with Crippen LogP contribution in [0.15, 0.2) is 0 Å². The molecule has 2 N–H and O–H groups in total. The first-order chi connectivity index (χ1) is 20.6. The van der Waals surface area contributed by atoms with Crippen molar-refractivity contribution in [3.8, 4) is 0 Å². The molecule has 0 bridgehead atoms. The van der Waals surface area contributed by atoms with E-state index in [9.17, 15) is 15.0 Å². The summed E-state index contributed by atoms with van der Waals surface area (Å²) in [6.45, 7) is 9.66. The summed E-state index contributed by atoms with van der Waals surface area (Å²) in [5.74, 6) is 0.230. The molecule has 0 aliphatic carbocycles. The van der Waals surface area contributed by atoms with Gasteiger partial charge in [-0.1, -0.05) is 136 Å². The van der Waals surface area contributed by atoms with E-state index in [4.69, 9.17) is 9.47 Å². The number of aliphatic hydroxyl groups excluding tert-OH is 2. The topological polar surface area (TPSA) is 79.2 Å². The van der Waals surface area contributed by atoms with Gasteiger partial charge in [0.25, 0.3) is 0 Å². The number of carbonyl (C=O) groups is 1. The molecular weight excluding hydrogens is 526 g/mol. The maximum Gasteiger partial charge on any atom is 0.167 e. The number of aliphatic hydroxyl groups is 2. The zero-order valence-corrected chi connectivity index (χ0v) is 28.4. The number of nitrogens with zero attached hydrogens (tertiary/aromatic N) is 1. The maximum absolute atomic E-state index is 11.9. The third-order valence-corrected chi connectivity index (χ3v) is 8.27. The normalized spacial score (nSPS) is 12.5. The SMILES string of the molecule is CCCCCCCCC(CCCCCCCC)OC(O)CN(CCO)CCCCCCCCC(=O)COCCCCC. The van der Waals surface area contributed by atoms with Crippen LogP contribution in [0.25, 0.3) is 0 Å². The van der Waals surface area contributed by atoms with E-state index in [1.165, 1.54) is 89.9 Å². The monoisotopic (exact) mass is 600 g/mol. The van der Waals surface area contributed by atoms with Crippen LogP contribution in [0.1, 0.15) is 175 Å². The van der Waals surface area contributed by atoms with Gasteiger partial charge in [0.2, 0.25) is 0 Å². The number of unbranched alkanes of at least 4 members (excludes halogenated alkanes) is 17. The van der Waals surface area contributed by atoms with Gasteiger partial charge < -0.3 is 19.7 Å². The molecule has 0 aliphatic heterocycles. The first kappa shape index (κ1) is 41.5. The Morgan fingerprint density at radius 2 is 1.14 bits per heavy atom. The Labute approximate surface area is 261 Å². The molecule has 6 nitrogen and oxygen atoms in total. The zero-order chi connectivity index (χ0) is 30.9. The summed E-state index contributed by atoms with van der Waals surface area (Å²) in [6, 6.07) is 0. The Morgan fingerprint density at radius 1 is 0.643 bits per heavy atom. The van der Waals surface area contributed by atoms with E-state index in [1.807, 2.05) is 0 Å². The molecular formula is C36H73NO5. The number of hydrogen-bond acceptors (Lipinski definition) is 6. The van der Waals surface area contributed by atoms with Gasteiger partial charge in [0.1, 0.15) is 6.61 Å². The number of Topliss-reactive ketones (excluding diaryl/α,β-unsaturated/α-hetero) is 1. The molecule has 0 saturated carbocycles. The quantitative estimate of drug-likeness (QED) is 0.0559. The predicted octanol–water partition coefficient (Wildman–Crippen LogP) is 8.99. The van der Waals surface area contributed by atoms with Gasteiger partial charge in [-0.25, -0.2) is 0 Å². The van der Waals surface area contributed by atoms with E-state index in [-0.39, 0.29) is 25.1 Å². The minimum Gasteiger partial charge on any atom is -0.395 e. The summed E-state index contributed by atoms with van der Waals surface area (Å²) in [5, 5.41) is 20.4. The van der Waals surface area contributed by atoms with Crippen molar-refractivity contribution in [3.63, 3.8) is 0 Å². The minimum atomic E-state index is -0.796. The second-order valence-corrected chi connectivity index (χ2v) is 12.5. The van der Waals surface area contributed by atoms with E-state index in [2.05, 4.69) is 25.7 Å². The molecule has 0 aromatic heterocycles. The van der Waals surface area contributed by atoms with E-state index in [1.54, 1.807) is 0 Å². The lowest BCUT2D eigenvalue weighted by Gasteiger charge is -2.27. The highest BCUT2D eigenvalue weighted by Gasteiger charge is 2.17. The fourth-order valence-electron chi connectivity index (χ4n) is 5.58. The van der Waals surface area contributed by atoms with Gasteiger partial charge in [0.15, 0.2) is 12.1 Å². The molecule has 0 spiro atoms. The van der Waals surface area contributed by atoms with Crippen LogP contribution in [0, 0.1) is 0 Å². The van der Waals surface area contributed by atoms with Crippen LogP contribution < -0.4 is 0 Å². The van der Waals surface area contributed by atoms with Crippen LogP contribution in [0.2, 0.25) is 0 Å². The average molecular weight is 600 g/mol. The predicted molar refractivity (Wildman–Crippen MR) is 178 cm³/mol. The van der Waals surface area contributed by atoms with Crippen molar-refractivity contribution in [2.45, 2.75) is 187 Å². The lowest BCUT2D eigenvalue weighted by molar-refractivity contribution is -0.151. The number of ketones is 1. The molecule has 1 unspecified atom stereocenters. The summed E-state index contributed by atoms with van der Waals surface area (Å²) in [6.07, 6.45) is 27.3. The van der Waals surface area contributed by atoms with Crippen LogP contribution >= 0.6 is 0 Å². The van der Waals surface area contributed by atoms with Crippen molar-refractivity contribution in [1.29, 1.82) is 0 Å². The number of ether oxygens (including phenoxy) is 2. The average Bonchev–Trinajstić information content (AvgIpc) is 2.97. The van der Waals surface area contributed by atoms with Crippen LogP contribution in [0.3, 0.4) is 0 Å².